The number of halogens is 1. The predicted molar refractivity (Wildman–Crippen MR) is 66.3 cm³/mol. The number of rotatable bonds is 4. The molecule has 0 atom stereocenters. The van der Waals surface area contributed by atoms with Gasteiger partial charge in [-0.2, -0.15) is 0 Å². The Balaban J connectivity index is 1.85. The number of nitrogens with zero attached hydrogens (tertiary/aromatic N) is 3. The molecular formula is C10H16ClN3O2S. The van der Waals surface area contributed by atoms with Gasteiger partial charge in [-0.15, -0.1) is 10.2 Å². The highest BCUT2D eigenvalue weighted by Crippen LogP contribution is 2.22. The largest absolute Gasteiger partial charge is 0.388 e. The van der Waals surface area contributed by atoms with Gasteiger partial charge in [0.15, 0.2) is 0 Å². The summed E-state index contributed by atoms with van der Waals surface area (Å²) in [6.45, 7) is 2.55. The van der Waals surface area contributed by atoms with Gasteiger partial charge in [-0.1, -0.05) is 11.3 Å². The van der Waals surface area contributed by atoms with Crippen molar-refractivity contribution in [1.29, 1.82) is 0 Å². The molecule has 0 spiro atoms. The van der Waals surface area contributed by atoms with E-state index in [4.69, 9.17) is 16.3 Å². The van der Waals surface area contributed by atoms with Gasteiger partial charge < -0.3 is 9.84 Å². The van der Waals surface area contributed by atoms with Gasteiger partial charge in [-0.05, 0) is 18.6 Å². The first-order valence-corrected chi connectivity index (χ1v) is 6.73. The fourth-order valence-electron chi connectivity index (χ4n) is 2.00. The Morgan fingerprint density at radius 1 is 1.47 bits per heavy atom. The van der Waals surface area contributed by atoms with Gasteiger partial charge in [0.05, 0.1) is 12.1 Å². The number of aliphatic hydroxyl groups is 1. The molecule has 96 valence electrons. The highest BCUT2D eigenvalue weighted by molar-refractivity contribution is 7.15. The molecule has 1 fully saturated rings. The van der Waals surface area contributed by atoms with Gasteiger partial charge in [0.1, 0.15) is 5.01 Å². The molecule has 1 saturated heterocycles. The zero-order chi connectivity index (χ0) is 12.3. The van der Waals surface area contributed by atoms with E-state index in [1.54, 1.807) is 0 Å². The van der Waals surface area contributed by atoms with Crippen LogP contribution in [0, 0.1) is 0 Å². The van der Waals surface area contributed by atoms with E-state index < -0.39 is 5.60 Å². The van der Waals surface area contributed by atoms with E-state index >= 15 is 0 Å². The number of hydrogen-bond acceptors (Lipinski definition) is 6. The zero-order valence-corrected chi connectivity index (χ0v) is 11.3. The van der Waals surface area contributed by atoms with Crippen molar-refractivity contribution >= 4 is 22.9 Å². The lowest BCUT2D eigenvalue weighted by Crippen LogP contribution is -2.45. The molecule has 0 saturated carbocycles. The Morgan fingerprint density at radius 3 is 2.76 bits per heavy atom. The minimum absolute atomic E-state index is 0.457. The molecule has 0 aliphatic carbocycles. The second-order valence-corrected chi connectivity index (χ2v) is 6.10. The first kappa shape index (κ1) is 13.2. The third-order valence-electron chi connectivity index (χ3n) is 2.84. The van der Waals surface area contributed by atoms with Crippen LogP contribution in [0.25, 0.3) is 0 Å². The van der Waals surface area contributed by atoms with Crippen LogP contribution in [-0.2, 0) is 11.3 Å². The van der Waals surface area contributed by atoms with Gasteiger partial charge in [0.25, 0.3) is 0 Å². The Hall–Kier alpha value is -0.270. The van der Waals surface area contributed by atoms with Crippen LogP contribution in [0.5, 0.6) is 0 Å². The maximum Gasteiger partial charge on any atom is 0.207 e. The first-order valence-electron chi connectivity index (χ1n) is 5.54. The monoisotopic (exact) mass is 277 g/mol. The molecule has 17 heavy (non-hydrogen) atoms. The Kier molecular flexibility index (Phi) is 4.32. The third kappa shape index (κ3) is 3.86. The van der Waals surface area contributed by atoms with Crippen molar-refractivity contribution in [3.8, 4) is 0 Å². The summed E-state index contributed by atoms with van der Waals surface area (Å²) in [6, 6.07) is 0. The highest BCUT2D eigenvalue weighted by Gasteiger charge is 2.31. The fraction of sp³-hybridized carbons (Fsp3) is 0.800. The molecule has 0 amide bonds. The lowest BCUT2D eigenvalue weighted by molar-refractivity contribution is -0.0777. The van der Waals surface area contributed by atoms with Crippen molar-refractivity contribution in [3.05, 3.63) is 9.47 Å². The van der Waals surface area contributed by atoms with Crippen molar-refractivity contribution < 1.29 is 9.84 Å². The van der Waals surface area contributed by atoms with Crippen molar-refractivity contribution in [3.63, 3.8) is 0 Å². The standard InChI is InChI=1S/C10H16ClN3O2S/c1-14(6-8-12-13-9(11)17-8)7-10(15)2-4-16-5-3-10/h15H,2-7H2,1H3. The van der Waals surface area contributed by atoms with E-state index in [0.717, 1.165) is 5.01 Å². The van der Waals surface area contributed by atoms with E-state index in [0.29, 0.717) is 43.6 Å². The number of hydrogen-bond donors (Lipinski definition) is 1. The van der Waals surface area contributed by atoms with Crippen molar-refractivity contribution in [2.45, 2.75) is 25.0 Å². The van der Waals surface area contributed by atoms with Gasteiger partial charge in [0, 0.05) is 32.6 Å². The molecule has 1 N–H and O–H groups in total. The van der Waals surface area contributed by atoms with Crippen LogP contribution in [0.15, 0.2) is 0 Å². The van der Waals surface area contributed by atoms with Crippen molar-refractivity contribution in [1.82, 2.24) is 15.1 Å². The van der Waals surface area contributed by atoms with E-state index in [9.17, 15) is 5.11 Å². The SMILES string of the molecule is CN(Cc1nnc(Cl)s1)CC1(O)CCOCC1. The van der Waals surface area contributed by atoms with E-state index in [2.05, 4.69) is 10.2 Å². The predicted octanol–water partition coefficient (Wildman–Crippen LogP) is 1.16. The molecule has 7 heteroatoms. The minimum atomic E-state index is -0.637. The van der Waals surface area contributed by atoms with Gasteiger partial charge in [0.2, 0.25) is 4.47 Å². The Labute approximate surface area is 109 Å². The Bertz CT molecular complexity index is 368. The van der Waals surface area contributed by atoms with Crippen LogP contribution in [-0.4, -0.2) is 52.6 Å². The van der Waals surface area contributed by atoms with Crippen LogP contribution in [0.3, 0.4) is 0 Å². The van der Waals surface area contributed by atoms with Gasteiger partial charge >= 0.3 is 0 Å². The molecule has 0 radical (unpaired) electrons. The molecule has 1 aromatic heterocycles. The molecule has 0 unspecified atom stereocenters. The molecule has 1 aliphatic heterocycles. The van der Waals surface area contributed by atoms with E-state index in [1.807, 2.05) is 11.9 Å². The van der Waals surface area contributed by atoms with Crippen LogP contribution >= 0.6 is 22.9 Å². The van der Waals surface area contributed by atoms with Gasteiger partial charge in [-0.25, -0.2) is 0 Å². The first-order chi connectivity index (χ1) is 8.07. The minimum Gasteiger partial charge on any atom is -0.388 e. The third-order valence-corrected chi connectivity index (χ3v) is 3.84. The molecule has 5 nitrogen and oxygen atoms in total. The lowest BCUT2D eigenvalue weighted by Gasteiger charge is -2.35. The fourth-order valence-corrected chi connectivity index (χ4v) is 2.94. The lowest BCUT2D eigenvalue weighted by atomic mass is 9.94. The van der Waals surface area contributed by atoms with Crippen LogP contribution in [0.1, 0.15) is 17.8 Å². The van der Waals surface area contributed by atoms with Crippen molar-refractivity contribution in [2.75, 3.05) is 26.8 Å². The summed E-state index contributed by atoms with van der Waals surface area (Å²) in [6.07, 6.45) is 1.38. The molecular weight excluding hydrogens is 262 g/mol. The average molecular weight is 278 g/mol. The van der Waals surface area contributed by atoms with Crippen molar-refractivity contribution in [2.24, 2.45) is 0 Å². The Morgan fingerprint density at radius 2 is 2.18 bits per heavy atom. The summed E-state index contributed by atoms with van der Waals surface area (Å²) >= 11 is 7.10. The maximum absolute atomic E-state index is 10.3. The summed E-state index contributed by atoms with van der Waals surface area (Å²) in [5.74, 6) is 0. The second-order valence-electron chi connectivity index (χ2n) is 4.46. The second kappa shape index (κ2) is 5.58. The van der Waals surface area contributed by atoms with Gasteiger partial charge in [-0.3, -0.25) is 4.90 Å². The average Bonchev–Trinajstić information content (AvgIpc) is 2.63. The normalized spacial score (nSPS) is 19.8. The molecule has 0 aromatic carbocycles. The summed E-state index contributed by atoms with van der Waals surface area (Å²) in [4.78, 5) is 2.04. The zero-order valence-electron chi connectivity index (χ0n) is 9.73. The molecule has 2 rings (SSSR count). The summed E-state index contributed by atoms with van der Waals surface area (Å²) in [7, 11) is 1.96. The summed E-state index contributed by atoms with van der Waals surface area (Å²) in [5.41, 5.74) is -0.637. The van der Waals surface area contributed by atoms with Crippen LogP contribution < -0.4 is 0 Å². The smallest absolute Gasteiger partial charge is 0.207 e. The maximum atomic E-state index is 10.3. The van der Waals surface area contributed by atoms with Crippen LogP contribution in [0.4, 0.5) is 0 Å². The van der Waals surface area contributed by atoms with E-state index in [-0.39, 0.29) is 0 Å². The molecule has 1 aromatic rings. The summed E-state index contributed by atoms with van der Waals surface area (Å²) in [5, 5.41) is 18.9. The number of ether oxygens (including phenoxy) is 1. The van der Waals surface area contributed by atoms with Crippen LogP contribution in [0.2, 0.25) is 4.47 Å². The number of aromatic nitrogens is 2. The highest BCUT2D eigenvalue weighted by atomic mass is 35.5. The number of likely N-dealkylation sites (N-methyl/N-ethyl adjacent to an activating group) is 1. The molecule has 0 bridgehead atoms. The quantitative estimate of drug-likeness (QED) is 0.895. The topological polar surface area (TPSA) is 58.5 Å². The summed E-state index contributed by atoms with van der Waals surface area (Å²) < 4.78 is 5.71. The molecule has 2 heterocycles. The molecule has 1 aliphatic rings. The van der Waals surface area contributed by atoms with E-state index in [1.165, 1.54) is 11.3 Å².